The third-order valence-electron chi connectivity index (χ3n) is 4.02. The van der Waals surface area contributed by atoms with Crippen molar-refractivity contribution in [3.63, 3.8) is 0 Å². The van der Waals surface area contributed by atoms with Gasteiger partial charge in [-0.25, -0.2) is 4.98 Å². The first-order valence-corrected chi connectivity index (χ1v) is 8.39. The highest BCUT2D eigenvalue weighted by Crippen LogP contribution is 2.27. The molecule has 3 aromatic rings. The van der Waals surface area contributed by atoms with Gasteiger partial charge in [0.15, 0.2) is 0 Å². The number of rotatable bonds is 5. The summed E-state index contributed by atoms with van der Waals surface area (Å²) in [6, 6.07) is 17.4. The molecule has 2 N–H and O–H groups in total. The van der Waals surface area contributed by atoms with Gasteiger partial charge < -0.3 is 10.5 Å². The van der Waals surface area contributed by atoms with Gasteiger partial charge in [-0.2, -0.15) is 5.26 Å². The van der Waals surface area contributed by atoms with E-state index in [4.69, 9.17) is 11.0 Å². The Kier molecular flexibility index (Phi) is 5.50. The molecule has 0 unspecified atom stereocenters. The number of nitrogens with two attached hydrogens (primary N) is 1. The fraction of sp³-hybridized carbons (Fsp3) is 0.0952. The summed E-state index contributed by atoms with van der Waals surface area (Å²) >= 11 is 0. The molecular formula is C21H14F3N3O2. The van der Waals surface area contributed by atoms with Gasteiger partial charge in [-0.05, 0) is 53.1 Å². The molecule has 0 aliphatic carbocycles. The second-order valence-corrected chi connectivity index (χ2v) is 6.15. The molecule has 0 saturated heterocycles. The van der Waals surface area contributed by atoms with E-state index < -0.39 is 12.3 Å². The number of nitrogens with zero attached hydrogens (tertiary/aromatic N) is 2. The fourth-order valence-electron chi connectivity index (χ4n) is 2.73. The SMILES string of the molecule is N#Cc1ccc(Cc2cc(-c3ccc(OC(F)(F)F)cc3)cc(C(N)=O)n2)cc1. The number of ether oxygens (including phenoxy) is 1. The van der Waals surface area contributed by atoms with Crippen LogP contribution in [0.2, 0.25) is 0 Å². The molecule has 0 saturated carbocycles. The van der Waals surface area contributed by atoms with Crippen LogP contribution in [-0.2, 0) is 6.42 Å². The van der Waals surface area contributed by atoms with E-state index >= 15 is 0 Å². The van der Waals surface area contributed by atoms with E-state index in [-0.39, 0.29) is 11.4 Å². The Morgan fingerprint density at radius 1 is 1.03 bits per heavy atom. The monoisotopic (exact) mass is 397 g/mol. The van der Waals surface area contributed by atoms with Gasteiger partial charge in [0.05, 0.1) is 11.6 Å². The molecule has 0 aliphatic heterocycles. The van der Waals surface area contributed by atoms with Crippen molar-refractivity contribution in [1.29, 1.82) is 5.26 Å². The number of hydrogen-bond acceptors (Lipinski definition) is 4. The number of alkyl halides is 3. The Balaban J connectivity index is 1.92. The van der Waals surface area contributed by atoms with Gasteiger partial charge in [0.1, 0.15) is 11.4 Å². The quantitative estimate of drug-likeness (QED) is 0.699. The van der Waals surface area contributed by atoms with Crippen LogP contribution in [0.25, 0.3) is 11.1 Å². The van der Waals surface area contributed by atoms with Crippen LogP contribution in [0.15, 0.2) is 60.7 Å². The fourth-order valence-corrected chi connectivity index (χ4v) is 2.73. The molecule has 1 heterocycles. The van der Waals surface area contributed by atoms with Gasteiger partial charge in [-0.3, -0.25) is 4.79 Å². The maximum Gasteiger partial charge on any atom is 0.573 e. The lowest BCUT2D eigenvalue weighted by Gasteiger charge is -2.11. The second-order valence-electron chi connectivity index (χ2n) is 6.15. The zero-order chi connectivity index (χ0) is 21.0. The van der Waals surface area contributed by atoms with Gasteiger partial charge in [0.25, 0.3) is 5.91 Å². The number of primary amides is 1. The normalized spacial score (nSPS) is 11.0. The molecule has 29 heavy (non-hydrogen) atoms. The summed E-state index contributed by atoms with van der Waals surface area (Å²) in [7, 11) is 0. The second kappa shape index (κ2) is 8.02. The summed E-state index contributed by atoms with van der Waals surface area (Å²) in [4.78, 5) is 15.9. The number of halogens is 3. The first-order chi connectivity index (χ1) is 13.7. The first kappa shape index (κ1) is 19.9. The van der Waals surface area contributed by atoms with E-state index in [0.717, 1.165) is 5.56 Å². The Morgan fingerprint density at radius 3 is 2.24 bits per heavy atom. The topological polar surface area (TPSA) is 89.0 Å². The summed E-state index contributed by atoms with van der Waals surface area (Å²) in [5.74, 6) is -1.06. The minimum absolute atomic E-state index is 0.0433. The Bertz CT molecular complexity index is 1070. The minimum Gasteiger partial charge on any atom is -0.406 e. The summed E-state index contributed by atoms with van der Waals surface area (Å²) < 4.78 is 40.8. The molecule has 146 valence electrons. The molecule has 0 fully saturated rings. The van der Waals surface area contributed by atoms with Gasteiger partial charge in [-0.1, -0.05) is 24.3 Å². The standard InChI is InChI=1S/C21H14F3N3O2/c22-21(23,24)29-18-7-5-15(6-8-18)16-10-17(27-19(11-16)20(26)28)9-13-1-3-14(12-25)4-2-13/h1-8,10-11H,9H2,(H2,26,28). The highest BCUT2D eigenvalue weighted by molar-refractivity contribution is 5.92. The van der Waals surface area contributed by atoms with E-state index in [2.05, 4.69) is 9.72 Å². The van der Waals surface area contributed by atoms with Crippen molar-refractivity contribution in [2.24, 2.45) is 5.73 Å². The number of carbonyl (C=O) groups is 1. The Morgan fingerprint density at radius 2 is 1.69 bits per heavy atom. The maximum absolute atomic E-state index is 12.3. The highest BCUT2D eigenvalue weighted by Gasteiger charge is 2.31. The lowest BCUT2D eigenvalue weighted by atomic mass is 10.0. The number of pyridine rings is 1. The van der Waals surface area contributed by atoms with Crippen LogP contribution in [0.5, 0.6) is 5.75 Å². The summed E-state index contributed by atoms with van der Waals surface area (Å²) in [6.07, 6.45) is -4.39. The molecule has 1 aromatic heterocycles. The molecule has 0 bridgehead atoms. The summed E-state index contributed by atoms with van der Waals surface area (Å²) in [6.45, 7) is 0. The molecular weight excluding hydrogens is 383 g/mol. The van der Waals surface area contributed by atoms with E-state index in [1.807, 2.05) is 6.07 Å². The molecule has 0 atom stereocenters. The number of nitriles is 1. The zero-order valence-electron chi connectivity index (χ0n) is 14.9. The van der Waals surface area contributed by atoms with Crippen LogP contribution in [0.4, 0.5) is 13.2 Å². The molecule has 0 aliphatic rings. The Labute approximate surface area is 164 Å². The average molecular weight is 397 g/mol. The van der Waals surface area contributed by atoms with E-state index in [1.54, 1.807) is 30.3 Å². The lowest BCUT2D eigenvalue weighted by Crippen LogP contribution is -2.17. The van der Waals surface area contributed by atoms with Crippen molar-refractivity contribution in [2.75, 3.05) is 0 Å². The van der Waals surface area contributed by atoms with Crippen LogP contribution in [-0.4, -0.2) is 17.3 Å². The first-order valence-electron chi connectivity index (χ1n) is 8.39. The van der Waals surface area contributed by atoms with Crippen molar-refractivity contribution in [2.45, 2.75) is 12.8 Å². The maximum atomic E-state index is 12.3. The number of aromatic nitrogens is 1. The van der Waals surface area contributed by atoms with Gasteiger partial charge in [-0.15, -0.1) is 13.2 Å². The molecule has 0 spiro atoms. The third-order valence-corrected chi connectivity index (χ3v) is 4.02. The largest absolute Gasteiger partial charge is 0.573 e. The van der Waals surface area contributed by atoms with Crippen molar-refractivity contribution in [1.82, 2.24) is 4.98 Å². The van der Waals surface area contributed by atoms with Gasteiger partial charge in [0, 0.05) is 12.1 Å². The van der Waals surface area contributed by atoms with E-state index in [1.165, 1.54) is 30.3 Å². The van der Waals surface area contributed by atoms with E-state index in [9.17, 15) is 18.0 Å². The molecule has 3 rings (SSSR count). The summed E-state index contributed by atoms with van der Waals surface area (Å²) in [5.41, 5.74) is 8.52. The highest BCUT2D eigenvalue weighted by atomic mass is 19.4. The van der Waals surface area contributed by atoms with Crippen LogP contribution < -0.4 is 10.5 Å². The van der Waals surface area contributed by atoms with Crippen molar-refractivity contribution < 1.29 is 22.7 Å². The van der Waals surface area contributed by atoms with Gasteiger partial charge in [0.2, 0.25) is 0 Å². The number of carbonyl (C=O) groups excluding carboxylic acids is 1. The zero-order valence-corrected chi connectivity index (χ0v) is 14.9. The van der Waals surface area contributed by atoms with Crippen LogP contribution in [0, 0.1) is 11.3 Å². The van der Waals surface area contributed by atoms with Crippen LogP contribution in [0.3, 0.4) is 0 Å². The minimum atomic E-state index is -4.77. The average Bonchev–Trinajstić information content (AvgIpc) is 2.67. The van der Waals surface area contributed by atoms with Crippen LogP contribution >= 0.6 is 0 Å². The predicted octanol–water partition coefficient (Wildman–Crippen LogP) is 4.21. The molecule has 0 radical (unpaired) electrons. The molecule has 5 nitrogen and oxygen atoms in total. The Hall–Kier alpha value is -3.86. The molecule has 1 amide bonds. The van der Waals surface area contributed by atoms with Crippen molar-refractivity contribution in [3.8, 4) is 22.9 Å². The van der Waals surface area contributed by atoms with Crippen molar-refractivity contribution in [3.05, 3.63) is 83.2 Å². The molecule has 2 aromatic carbocycles. The van der Waals surface area contributed by atoms with Crippen LogP contribution in [0.1, 0.15) is 27.3 Å². The predicted molar refractivity (Wildman–Crippen MR) is 98.8 cm³/mol. The van der Waals surface area contributed by atoms with Gasteiger partial charge >= 0.3 is 6.36 Å². The number of hydrogen-bond donors (Lipinski definition) is 1. The third kappa shape index (κ3) is 5.32. The molecule has 8 heteroatoms. The lowest BCUT2D eigenvalue weighted by molar-refractivity contribution is -0.274. The summed E-state index contributed by atoms with van der Waals surface area (Å²) in [5, 5.41) is 8.88. The number of benzene rings is 2. The van der Waals surface area contributed by atoms with E-state index in [0.29, 0.717) is 28.8 Å². The smallest absolute Gasteiger partial charge is 0.406 e. The van der Waals surface area contributed by atoms with Crippen molar-refractivity contribution >= 4 is 5.91 Å². The number of amides is 1.